The van der Waals surface area contributed by atoms with Crippen LogP contribution in [-0.4, -0.2) is 33.7 Å². The summed E-state index contributed by atoms with van der Waals surface area (Å²) in [5.74, 6) is -0.291. The second-order valence-electron chi connectivity index (χ2n) is 6.35. The van der Waals surface area contributed by atoms with Crippen LogP contribution in [0.5, 0.6) is 0 Å². The van der Waals surface area contributed by atoms with Crippen LogP contribution in [0.3, 0.4) is 0 Å². The predicted octanol–water partition coefficient (Wildman–Crippen LogP) is 3.94. The Labute approximate surface area is 161 Å². The van der Waals surface area contributed by atoms with Crippen molar-refractivity contribution >= 4 is 33.0 Å². The summed E-state index contributed by atoms with van der Waals surface area (Å²) in [6.45, 7) is 6.18. The number of sulfonamides is 1. The number of carbonyl (C=O) groups is 1. The second-order valence-corrected chi connectivity index (χ2v) is 8.10. The van der Waals surface area contributed by atoms with Crippen molar-refractivity contribution < 1.29 is 13.2 Å². The SMILES string of the molecule is CCCCN(CC)c1ccc(C(=O)Nc2ccccc2NS(C)(=O)=O)cc1. The van der Waals surface area contributed by atoms with E-state index in [9.17, 15) is 13.2 Å². The van der Waals surface area contributed by atoms with E-state index < -0.39 is 10.0 Å². The molecule has 0 heterocycles. The molecule has 2 aromatic carbocycles. The summed E-state index contributed by atoms with van der Waals surface area (Å²) >= 11 is 0. The molecule has 0 bridgehead atoms. The maximum atomic E-state index is 12.6. The minimum absolute atomic E-state index is 0.291. The van der Waals surface area contributed by atoms with Gasteiger partial charge in [-0.1, -0.05) is 25.5 Å². The lowest BCUT2D eigenvalue weighted by molar-refractivity contribution is 0.102. The number of para-hydroxylation sites is 2. The van der Waals surface area contributed by atoms with Crippen LogP contribution < -0.4 is 14.9 Å². The molecular formula is C20H27N3O3S. The number of hydrogen-bond acceptors (Lipinski definition) is 4. The maximum absolute atomic E-state index is 12.6. The van der Waals surface area contributed by atoms with Crippen LogP contribution >= 0.6 is 0 Å². The first-order valence-corrected chi connectivity index (χ1v) is 11.0. The Hall–Kier alpha value is -2.54. The normalized spacial score (nSPS) is 11.1. The summed E-state index contributed by atoms with van der Waals surface area (Å²) in [7, 11) is -3.43. The van der Waals surface area contributed by atoms with Gasteiger partial charge in [-0.15, -0.1) is 0 Å². The van der Waals surface area contributed by atoms with E-state index >= 15 is 0 Å². The first-order chi connectivity index (χ1) is 12.8. The van der Waals surface area contributed by atoms with Crippen molar-refractivity contribution in [3.8, 4) is 0 Å². The molecule has 0 spiro atoms. The van der Waals surface area contributed by atoms with Crippen molar-refractivity contribution in [2.24, 2.45) is 0 Å². The monoisotopic (exact) mass is 389 g/mol. The average Bonchev–Trinajstić information content (AvgIpc) is 2.63. The number of nitrogens with one attached hydrogen (secondary N) is 2. The topological polar surface area (TPSA) is 78.5 Å². The molecule has 0 atom stereocenters. The molecule has 0 fully saturated rings. The molecule has 6 nitrogen and oxygen atoms in total. The fourth-order valence-corrected chi connectivity index (χ4v) is 3.30. The van der Waals surface area contributed by atoms with Gasteiger partial charge in [-0.05, 0) is 49.7 Å². The predicted molar refractivity (Wildman–Crippen MR) is 112 cm³/mol. The number of anilines is 3. The highest BCUT2D eigenvalue weighted by Crippen LogP contribution is 2.23. The number of benzene rings is 2. The smallest absolute Gasteiger partial charge is 0.255 e. The van der Waals surface area contributed by atoms with E-state index in [4.69, 9.17) is 0 Å². The Morgan fingerprint density at radius 2 is 1.63 bits per heavy atom. The quantitative estimate of drug-likeness (QED) is 0.681. The van der Waals surface area contributed by atoms with E-state index in [1.807, 2.05) is 12.1 Å². The van der Waals surface area contributed by atoms with Gasteiger partial charge in [0.15, 0.2) is 0 Å². The molecule has 0 saturated heterocycles. The molecule has 2 N–H and O–H groups in total. The molecule has 7 heteroatoms. The lowest BCUT2D eigenvalue weighted by atomic mass is 10.1. The highest BCUT2D eigenvalue weighted by molar-refractivity contribution is 7.92. The standard InChI is InChI=1S/C20H27N3O3S/c1-4-6-15-23(5-2)17-13-11-16(12-14-17)20(24)21-18-9-7-8-10-19(18)22-27(3,25)26/h7-14,22H,4-6,15H2,1-3H3,(H,21,24). The first-order valence-electron chi connectivity index (χ1n) is 9.07. The van der Waals surface area contributed by atoms with Crippen molar-refractivity contribution in [2.75, 3.05) is 34.3 Å². The third-order valence-corrected chi connectivity index (χ3v) is 4.72. The van der Waals surface area contributed by atoms with Gasteiger partial charge in [0.2, 0.25) is 10.0 Å². The molecule has 146 valence electrons. The van der Waals surface area contributed by atoms with Crippen molar-refractivity contribution in [1.29, 1.82) is 0 Å². The summed E-state index contributed by atoms with van der Waals surface area (Å²) in [5, 5.41) is 2.77. The van der Waals surface area contributed by atoms with Crippen LogP contribution in [0.1, 0.15) is 37.0 Å². The summed E-state index contributed by atoms with van der Waals surface area (Å²) < 4.78 is 25.4. The highest BCUT2D eigenvalue weighted by atomic mass is 32.2. The molecule has 0 aliphatic carbocycles. The number of unbranched alkanes of at least 4 members (excludes halogenated alkanes) is 1. The minimum Gasteiger partial charge on any atom is -0.372 e. The van der Waals surface area contributed by atoms with E-state index in [2.05, 4.69) is 28.8 Å². The van der Waals surface area contributed by atoms with E-state index in [-0.39, 0.29) is 5.91 Å². The van der Waals surface area contributed by atoms with Gasteiger partial charge < -0.3 is 10.2 Å². The van der Waals surface area contributed by atoms with Gasteiger partial charge in [0, 0.05) is 24.3 Å². The van der Waals surface area contributed by atoms with Crippen LogP contribution in [-0.2, 0) is 10.0 Å². The molecular weight excluding hydrogens is 362 g/mol. The largest absolute Gasteiger partial charge is 0.372 e. The van der Waals surface area contributed by atoms with Gasteiger partial charge >= 0.3 is 0 Å². The van der Waals surface area contributed by atoms with Crippen LogP contribution in [0.2, 0.25) is 0 Å². The zero-order valence-corrected chi connectivity index (χ0v) is 16.8. The van der Waals surface area contributed by atoms with Gasteiger partial charge in [0.25, 0.3) is 5.91 Å². The Bertz CT molecular complexity index is 864. The van der Waals surface area contributed by atoms with Crippen LogP contribution in [0.15, 0.2) is 48.5 Å². The van der Waals surface area contributed by atoms with Crippen molar-refractivity contribution in [1.82, 2.24) is 0 Å². The molecule has 0 aromatic heterocycles. The summed E-state index contributed by atoms with van der Waals surface area (Å²) in [6.07, 6.45) is 3.33. The molecule has 0 radical (unpaired) electrons. The Balaban J connectivity index is 2.13. The Kier molecular flexibility index (Phi) is 7.24. The number of amides is 1. The molecule has 0 saturated carbocycles. The fraction of sp³-hybridized carbons (Fsp3) is 0.350. The molecule has 1 amide bonds. The first kappa shape index (κ1) is 20.8. The number of rotatable bonds is 9. The van der Waals surface area contributed by atoms with Gasteiger partial charge in [-0.2, -0.15) is 0 Å². The Morgan fingerprint density at radius 1 is 1.00 bits per heavy atom. The maximum Gasteiger partial charge on any atom is 0.255 e. The number of carbonyl (C=O) groups excluding carboxylic acids is 1. The zero-order valence-electron chi connectivity index (χ0n) is 16.0. The molecule has 0 unspecified atom stereocenters. The zero-order chi connectivity index (χ0) is 19.9. The summed E-state index contributed by atoms with van der Waals surface area (Å²) in [6, 6.07) is 14.1. The van der Waals surface area contributed by atoms with E-state index in [1.54, 1.807) is 36.4 Å². The van der Waals surface area contributed by atoms with Gasteiger partial charge in [0.05, 0.1) is 17.6 Å². The summed E-state index contributed by atoms with van der Waals surface area (Å²) in [4.78, 5) is 14.8. The average molecular weight is 390 g/mol. The van der Waals surface area contributed by atoms with Crippen molar-refractivity contribution in [3.63, 3.8) is 0 Å². The Morgan fingerprint density at radius 3 is 2.19 bits per heavy atom. The molecule has 2 aromatic rings. The molecule has 27 heavy (non-hydrogen) atoms. The molecule has 2 rings (SSSR count). The lowest BCUT2D eigenvalue weighted by Crippen LogP contribution is -2.23. The van der Waals surface area contributed by atoms with Gasteiger partial charge in [0.1, 0.15) is 0 Å². The molecule has 0 aliphatic heterocycles. The van der Waals surface area contributed by atoms with Crippen LogP contribution in [0.4, 0.5) is 17.1 Å². The number of hydrogen-bond donors (Lipinski definition) is 2. The van der Waals surface area contributed by atoms with E-state index in [1.165, 1.54) is 0 Å². The van der Waals surface area contributed by atoms with E-state index in [0.717, 1.165) is 37.9 Å². The fourth-order valence-electron chi connectivity index (χ4n) is 2.72. The lowest BCUT2D eigenvalue weighted by Gasteiger charge is -2.23. The second kappa shape index (κ2) is 9.41. The van der Waals surface area contributed by atoms with Crippen molar-refractivity contribution in [3.05, 3.63) is 54.1 Å². The third-order valence-electron chi connectivity index (χ3n) is 4.13. The highest BCUT2D eigenvalue weighted by Gasteiger charge is 2.12. The van der Waals surface area contributed by atoms with Crippen LogP contribution in [0.25, 0.3) is 0 Å². The summed E-state index contributed by atoms with van der Waals surface area (Å²) in [5.41, 5.74) is 2.35. The van der Waals surface area contributed by atoms with Crippen LogP contribution in [0, 0.1) is 0 Å². The third kappa shape index (κ3) is 6.29. The van der Waals surface area contributed by atoms with Gasteiger partial charge in [-0.3, -0.25) is 9.52 Å². The van der Waals surface area contributed by atoms with E-state index in [0.29, 0.717) is 16.9 Å². The minimum atomic E-state index is -3.43. The molecule has 0 aliphatic rings. The van der Waals surface area contributed by atoms with Gasteiger partial charge in [-0.25, -0.2) is 8.42 Å². The van der Waals surface area contributed by atoms with Crippen molar-refractivity contribution in [2.45, 2.75) is 26.7 Å². The number of nitrogens with zero attached hydrogens (tertiary/aromatic N) is 1.